The Kier molecular flexibility index (Phi) is 9.43. The summed E-state index contributed by atoms with van der Waals surface area (Å²) in [7, 11) is 4.67. The van der Waals surface area contributed by atoms with Gasteiger partial charge in [-0.2, -0.15) is 4.98 Å². The molecule has 43 heavy (non-hydrogen) atoms. The van der Waals surface area contributed by atoms with E-state index in [0.717, 1.165) is 41.2 Å². The van der Waals surface area contributed by atoms with E-state index in [1.165, 1.54) is 0 Å². The molecule has 0 radical (unpaired) electrons. The first-order chi connectivity index (χ1) is 20.8. The third kappa shape index (κ3) is 6.89. The van der Waals surface area contributed by atoms with Gasteiger partial charge in [-0.3, -0.25) is 15.0 Å². The molecule has 0 unspecified atom stereocenters. The van der Waals surface area contributed by atoms with Crippen LogP contribution < -0.4 is 24.8 Å². The number of carbonyl (C=O) groups is 2. The summed E-state index contributed by atoms with van der Waals surface area (Å²) in [5.41, 5.74) is 2.88. The number of aryl methyl sites for hydroxylation is 1. The molecule has 1 fully saturated rings. The Labute approximate surface area is 252 Å². The number of methoxy groups -OCH3 is 3. The van der Waals surface area contributed by atoms with E-state index < -0.39 is 5.97 Å². The molecule has 2 aliphatic rings. The van der Waals surface area contributed by atoms with Crippen molar-refractivity contribution >= 4 is 40.1 Å². The highest BCUT2D eigenvalue weighted by molar-refractivity contribution is 7.17. The van der Waals surface area contributed by atoms with Crippen LogP contribution in [-0.4, -0.2) is 102 Å². The number of fused-ring (bicyclic) bond motifs is 1. The smallest absolute Gasteiger partial charge is 0.347 e. The summed E-state index contributed by atoms with van der Waals surface area (Å²) in [6, 6.07) is 3.70. The van der Waals surface area contributed by atoms with Crippen LogP contribution in [0.1, 0.15) is 32.2 Å². The van der Waals surface area contributed by atoms with Crippen molar-refractivity contribution in [3.63, 3.8) is 0 Å². The quantitative estimate of drug-likeness (QED) is 0.290. The maximum absolute atomic E-state index is 13.2. The van der Waals surface area contributed by atoms with Crippen molar-refractivity contribution in [3.05, 3.63) is 39.5 Å². The number of hydrogen-bond acceptors (Lipinski definition) is 13. The zero-order valence-corrected chi connectivity index (χ0v) is 25.4. The number of aromatic nitrogens is 3. The predicted octanol–water partition coefficient (Wildman–Crippen LogP) is 2.54. The Balaban J connectivity index is 1.42. The highest BCUT2D eigenvalue weighted by atomic mass is 32.1. The second-order valence-corrected chi connectivity index (χ2v) is 11.0. The molecule has 3 N–H and O–H groups in total. The minimum Gasteiger partial charge on any atom is -0.493 e. The number of morpholine rings is 1. The average molecular weight is 614 g/mol. The summed E-state index contributed by atoms with van der Waals surface area (Å²) in [5.74, 6) is 1.39. The van der Waals surface area contributed by atoms with Gasteiger partial charge in [-0.05, 0) is 24.6 Å². The average Bonchev–Trinajstić information content (AvgIpc) is 3.39. The normalized spacial score (nSPS) is 15.0. The van der Waals surface area contributed by atoms with E-state index in [-0.39, 0.29) is 16.7 Å². The maximum Gasteiger partial charge on any atom is 0.347 e. The lowest BCUT2D eigenvalue weighted by atomic mass is 10.1. The molecule has 0 saturated carbocycles. The van der Waals surface area contributed by atoms with E-state index >= 15 is 0 Å². The largest absolute Gasteiger partial charge is 0.493 e. The molecule has 4 heterocycles. The Bertz CT molecular complexity index is 1470. The number of aromatic carboxylic acids is 1. The summed E-state index contributed by atoms with van der Waals surface area (Å²) < 4.78 is 21.9. The SMILES string of the molecule is COc1cc(CNc2nc(Nc3nc(C)c(C(=O)O)s3)nc3c2CN(C(=O)CN2CCOCC2)CC3)cc(OC)c1OC. The number of thiazole rings is 1. The first-order valence-corrected chi connectivity index (χ1v) is 14.6. The summed E-state index contributed by atoms with van der Waals surface area (Å²) in [6.45, 7) is 5.94. The number of carboxylic acids is 1. The van der Waals surface area contributed by atoms with Gasteiger partial charge in [0.1, 0.15) is 10.7 Å². The van der Waals surface area contributed by atoms with E-state index in [0.29, 0.717) is 79.7 Å². The van der Waals surface area contributed by atoms with Gasteiger partial charge in [0, 0.05) is 38.2 Å². The molecule has 15 heteroatoms. The van der Waals surface area contributed by atoms with E-state index in [2.05, 4.69) is 20.5 Å². The molecule has 0 aliphatic carbocycles. The Hall–Kier alpha value is -4.21. The van der Waals surface area contributed by atoms with Crippen LogP contribution in [0.4, 0.5) is 16.9 Å². The molecular formula is C28H35N7O7S. The Morgan fingerprint density at radius 1 is 1.05 bits per heavy atom. The van der Waals surface area contributed by atoms with Gasteiger partial charge in [0.2, 0.25) is 17.6 Å². The monoisotopic (exact) mass is 613 g/mol. The standard InChI is InChI=1S/C28H35N7O7S/c1-16-24(26(37)38)43-28(30-16)33-27-31-19-5-6-35(22(36)15-34-7-9-42-10-8-34)14-18(19)25(32-27)29-13-17-11-20(39-2)23(41-4)21(12-17)40-3/h11-12H,5-10,13-15H2,1-4H3,(H,37,38)(H2,29,30,31,32,33). The molecule has 2 aromatic heterocycles. The van der Waals surface area contributed by atoms with Crippen LogP contribution in [0.15, 0.2) is 12.1 Å². The molecular weight excluding hydrogens is 578 g/mol. The van der Waals surface area contributed by atoms with Gasteiger partial charge in [0.05, 0.1) is 59.0 Å². The van der Waals surface area contributed by atoms with Gasteiger partial charge in [-0.15, -0.1) is 0 Å². The molecule has 0 bridgehead atoms. The first kappa shape index (κ1) is 30.3. The highest BCUT2D eigenvalue weighted by Crippen LogP contribution is 2.38. The van der Waals surface area contributed by atoms with Crippen molar-refractivity contribution in [2.45, 2.75) is 26.4 Å². The van der Waals surface area contributed by atoms with Crippen LogP contribution in [0, 0.1) is 6.92 Å². The second-order valence-electron chi connectivity index (χ2n) is 10.0. The molecule has 5 rings (SSSR count). The van der Waals surface area contributed by atoms with E-state index in [4.69, 9.17) is 28.9 Å². The second kappa shape index (κ2) is 13.4. The van der Waals surface area contributed by atoms with Crippen LogP contribution in [0.25, 0.3) is 0 Å². The van der Waals surface area contributed by atoms with Crippen molar-refractivity contribution in [1.82, 2.24) is 24.8 Å². The third-order valence-corrected chi connectivity index (χ3v) is 8.33. The number of ether oxygens (including phenoxy) is 4. The minimum absolute atomic E-state index is 0.0461. The van der Waals surface area contributed by atoms with Gasteiger partial charge < -0.3 is 34.3 Å². The highest BCUT2D eigenvalue weighted by Gasteiger charge is 2.28. The molecule has 3 aromatic rings. The van der Waals surface area contributed by atoms with Crippen molar-refractivity contribution in [2.24, 2.45) is 0 Å². The van der Waals surface area contributed by atoms with Crippen molar-refractivity contribution < 1.29 is 33.6 Å². The molecule has 1 amide bonds. The number of nitrogens with one attached hydrogen (secondary N) is 2. The molecule has 230 valence electrons. The number of anilines is 3. The lowest BCUT2D eigenvalue weighted by Crippen LogP contribution is -2.46. The zero-order valence-electron chi connectivity index (χ0n) is 24.6. The Morgan fingerprint density at radius 3 is 2.40 bits per heavy atom. The van der Waals surface area contributed by atoms with E-state index in [9.17, 15) is 14.7 Å². The molecule has 0 atom stereocenters. The number of nitrogens with zero attached hydrogens (tertiary/aromatic N) is 5. The van der Waals surface area contributed by atoms with Gasteiger partial charge >= 0.3 is 5.97 Å². The van der Waals surface area contributed by atoms with Crippen LogP contribution in [0.3, 0.4) is 0 Å². The summed E-state index contributed by atoms with van der Waals surface area (Å²) in [4.78, 5) is 42.7. The van der Waals surface area contributed by atoms with Gasteiger partial charge in [0.25, 0.3) is 0 Å². The minimum atomic E-state index is -1.04. The van der Waals surface area contributed by atoms with E-state index in [1.807, 2.05) is 17.0 Å². The summed E-state index contributed by atoms with van der Waals surface area (Å²) >= 11 is 1.02. The third-order valence-electron chi connectivity index (χ3n) is 7.27. The van der Waals surface area contributed by atoms with Crippen LogP contribution >= 0.6 is 11.3 Å². The van der Waals surface area contributed by atoms with Gasteiger partial charge in [0.15, 0.2) is 16.6 Å². The number of amides is 1. The number of carbonyl (C=O) groups excluding carboxylic acids is 1. The first-order valence-electron chi connectivity index (χ1n) is 13.8. The number of rotatable bonds is 11. The van der Waals surface area contributed by atoms with Crippen LogP contribution in [0.2, 0.25) is 0 Å². The molecule has 14 nitrogen and oxygen atoms in total. The Morgan fingerprint density at radius 2 is 1.77 bits per heavy atom. The van der Waals surface area contributed by atoms with Gasteiger partial charge in [-0.1, -0.05) is 11.3 Å². The number of benzene rings is 1. The summed E-state index contributed by atoms with van der Waals surface area (Å²) in [6.07, 6.45) is 0.539. The van der Waals surface area contributed by atoms with Gasteiger partial charge in [-0.25, -0.2) is 14.8 Å². The predicted molar refractivity (Wildman–Crippen MR) is 159 cm³/mol. The maximum atomic E-state index is 13.2. The summed E-state index contributed by atoms with van der Waals surface area (Å²) in [5, 5.41) is 16.3. The fourth-order valence-corrected chi connectivity index (χ4v) is 5.85. The van der Waals surface area contributed by atoms with Crippen LogP contribution in [0.5, 0.6) is 17.2 Å². The van der Waals surface area contributed by atoms with Crippen molar-refractivity contribution in [3.8, 4) is 17.2 Å². The van der Waals surface area contributed by atoms with E-state index in [1.54, 1.807) is 28.3 Å². The topological polar surface area (TPSA) is 160 Å². The lowest BCUT2D eigenvalue weighted by Gasteiger charge is -2.33. The van der Waals surface area contributed by atoms with Crippen molar-refractivity contribution in [2.75, 3.05) is 71.4 Å². The molecule has 0 spiro atoms. The number of hydrogen-bond donors (Lipinski definition) is 3. The fourth-order valence-electron chi connectivity index (χ4n) is 5.05. The van der Waals surface area contributed by atoms with Crippen LogP contribution in [-0.2, 0) is 29.0 Å². The molecule has 1 aromatic carbocycles. The lowest BCUT2D eigenvalue weighted by molar-refractivity contribution is -0.134. The fraction of sp³-hybridized carbons (Fsp3) is 0.464. The molecule has 2 aliphatic heterocycles. The number of carboxylic acid groups (broad SMARTS) is 1. The molecule has 1 saturated heterocycles. The zero-order chi connectivity index (χ0) is 30.5. The van der Waals surface area contributed by atoms with Crippen molar-refractivity contribution in [1.29, 1.82) is 0 Å².